The van der Waals surface area contributed by atoms with Crippen molar-refractivity contribution in [1.82, 2.24) is 15.5 Å². The molecule has 0 bridgehead atoms. The van der Waals surface area contributed by atoms with Crippen molar-refractivity contribution in [3.05, 3.63) is 0 Å². The molecule has 1 aliphatic heterocycles. The first-order valence-electron chi connectivity index (χ1n) is 10.4. The molecule has 2 unspecified atom stereocenters. The SMILES string of the molecule is CCC(CC)C1CC(NC(=NCC(=O)N(C)C)NC2CCCC2)CCO1.I. The molecule has 2 N–H and O–H groups in total. The second kappa shape index (κ2) is 12.8. The second-order valence-electron chi connectivity index (χ2n) is 7.93. The molecule has 1 saturated heterocycles. The maximum absolute atomic E-state index is 11.9. The van der Waals surface area contributed by atoms with Gasteiger partial charge in [0.15, 0.2) is 5.96 Å². The Balaban J connectivity index is 0.00000364. The zero-order valence-electron chi connectivity index (χ0n) is 17.5. The topological polar surface area (TPSA) is 66.0 Å². The number of hydrogen-bond acceptors (Lipinski definition) is 3. The summed E-state index contributed by atoms with van der Waals surface area (Å²) in [6, 6.07) is 0.835. The van der Waals surface area contributed by atoms with Crippen LogP contribution in [0.1, 0.15) is 65.2 Å². The fraction of sp³-hybridized carbons (Fsp3) is 0.900. The highest BCUT2D eigenvalue weighted by Crippen LogP contribution is 2.25. The maximum atomic E-state index is 11.9. The number of likely N-dealkylation sites (N-methyl/N-ethyl adjacent to an activating group) is 1. The van der Waals surface area contributed by atoms with E-state index in [0.29, 0.717) is 24.1 Å². The highest BCUT2D eigenvalue weighted by molar-refractivity contribution is 14.0. The molecular formula is C20H39IN4O2. The number of carbonyl (C=O) groups excluding carboxylic acids is 1. The number of hydrogen-bond donors (Lipinski definition) is 2. The summed E-state index contributed by atoms with van der Waals surface area (Å²) in [6.07, 6.45) is 9.57. The summed E-state index contributed by atoms with van der Waals surface area (Å²) in [6.45, 7) is 5.48. The predicted molar refractivity (Wildman–Crippen MR) is 122 cm³/mol. The zero-order valence-corrected chi connectivity index (χ0v) is 19.8. The number of guanidine groups is 1. The third-order valence-electron chi connectivity index (χ3n) is 5.80. The number of ether oxygens (including phenoxy) is 1. The molecule has 1 saturated carbocycles. The van der Waals surface area contributed by atoms with Crippen LogP contribution in [-0.4, -0.2) is 62.2 Å². The van der Waals surface area contributed by atoms with E-state index < -0.39 is 0 Å². The molecule has 0 aromatic rings. The van der Waals surface area contributed by atoms with Crippen LogP contribution in [0.5, 0.6) is 0 Å². The van der Waals surface area contributed by atoms with Crippen LogP contribution in [0.25, 0.3) is 0 Å². The molecule has 1 amide bonds. The van der Waals surface area contributed by atoms with Crippen molar-refractivity contribution in [2.24, 2.45) is 10.9 Å². The van der Waals surface area contributed by atoms with Crippen molar-refractivity contribution in [1.29, 1.82) is 0 Å². The van der Waals surface area contributed by atoms with Crippen molar-refractivity contribution in [2.45, 2.75) is 83.4 Å². The molecule has 2 atom stereocenters. The van der Waals surface area contributed by atoms with Crippen LogP contribution in [0.3, 0.4) is 0 Å². The van der Waals surface area contributed by atoms with E-state index in [1.807, 2.05) is 0 Å². The van der Waals surface area contributed by atoms with Gasteiger partial charge in [-0.25, -0.2) is 4.99 Å². The van der Waals surface area contributed by atoms with Crippen molar-refractivity contribution < 1.29 is 9.53 Å². The Kier molecular flexibility index (Phi) is 11.6. The Morgan fingerprint density at radius 3 is 2.33 bits per heavy atom. The average molecular weight is 494 g/mol. The Bertz CT molecular complexity index is 463. The summed E-state index contributed by atoms with van der Waals surface area (Å²) >= 11 is 0. The lowest BCUT2D eigenvalue weighted by Crippen LogP contribution is -2.50. The molecule has 1 aliphatic carbocycles. The molecule has 158 valence electrons. The molecule has 7 heteroatoms. The standard InChI is InChI=1S/C20H38N4O2.HI/c1-5-15(6-2)18-13-17(11-12-26-18)23-20(21-14-19(25)24(3)4)22-16-9-7-8-10-16;/h15-18H,5-14H2,1-4H3,(H2,21,22,23);1H. The summed E-state index contributed by atoms with van der Waals surface area (Å²) in [5, 5.41) is 7.16. The molecule has 0 radical (unpaired) electrons. The van der Waals surface area contributed by atoms with E-state index in [1.54, 1.807) is 19.0 Å². The van der Waals surface area contributed by atoms with E-state index in [0.717, 1.165) is 38.2 Å². The van der Waals surface area contributed by atoms with Gasteiger partial charge in [0, 0.05) is 32.8 Å². The van der Waals surface area contributed by atoms with Crippen LogP contribution < -0.4 is 10.6 Å². The second-order valence-corrected chi connectivity index (χ2v) is 7.93. The van der Waals surface area contributed by atoms with Crippen LogP contribution in [0.4, 0.5) is 0 Å². The van der Waals surface area contributed by atoms with Gasteiger partial charge in [-0.3, -0.25) is 4.79 Å². The third-order valence-corrected chi connectivity index (χ3v) is 5.80. The Morgan fingerprint density at radius 1 is 1.11 bits per heavy atom. The lowest BCUT2D eigenvalue weighted by atomic mass is 9.89. The van der Waals surface area contributed by atoms with Gasteiger partial charge >= 0.3 is 0 Å². The minimum Gasteiger partial charge on any atom is -0.378 e. The van der Waals surface area contributed by atoms with E-state index >= 15 is 0 Å². The van der Waals surface area contributed by atoms with Crippen LogP contribution in [0.2, 0.25) is 0 Å². The van der Waals surface area contributed by atoms with Crippen molar-refractivity contribution in [3.8, 4) is 0 Å². The summed E-state index contributed by atoms with van der Waals surface area (Å²) in [5.41, 5.74) is 0. The zero-order chi connectivity index (χ0) is 18.9. The van der Waals surface area contributed by atoms with Crippen LogP contribution in [0.15, 0.2) is 4.99 Å². The van der Waals surface area contributed by atoms with E-state index in [-0.39, 0.29) is 36.4 Å². The molecule has 2 fully saturated rings. The van der Waals surface area contributed by atoms with Gasteiger partial charge in [0.05, 0.1) is 6.10 Å². The summed E-state index contributed by atoms with van der Waals surface area (Å²) in [7, 11) is 3.54. The van der Waals surface area contributed by atoms with Crippen LogP contribution in [0, 0.1) is 5.92 Å². The van der Waals surface area contributed by atoms with Gasteiger partial charge in [0.25, 0.3) is 0 Å². The van der Waals surface area contributed by atoms with Crippen LogP contribution >= 0.6 is 24.0 Å². The highest BCUT2D eigenvalue weighted by atomic mass is 127. The molecule has 27 heavy (non-hydrogen) atoms. The maximum Gasteiger partial charge on any atom is 0.243 e. The number of carbonyl (C=O) groups is 1. The summed E-state index contributed by atoms with van der Waals surface area (Å²) in [4.78, 5) is 18.1. The van der Waals surface area contributed by atoms with Crippen molar-refractivity contribution in [3.63, 3.8) is 0 Å². The van der Waals surface area contributed by atoms with Gasteiger partial charge in [-0.15, -0.1) is 24.0 Å². The number of rotatable bonds is 7. The average Bonchev–Trinajstić information content (AvgIpc) is 3.13. The van der Waals surface area contributed by atoms with Crippen LogP contribution in [-0.2, 0) is 9.53 Å². The van der Waals surface area contributed by atoms with E-state index in [4.69, 9.17) is 4.74 Å². The quantitative estimate of drug-likeness (QED) is 0.324. The monoisotopic (exact) mass is 494 g/mol. The third kappa shape index (κ3) is 8.13. The Hall–Kier alpha value is -0.570. The molecule has 6 nitrogen and oxygen atoms in total. The fourth-order valence-electron chi connectivity index (χ4n) is 3.98. The smallest absolute Gasteiger partial charge is 0.243 e. The summed E-state index contributed by atoms with van der Waals surface area (Å²) < 4.78 is 6.04. The molecular weight excluding hydrogens is 455 g/mol. The van der Waals surface area contributed by atoms with E-state index in [2.05, 4.69) is 29.5 Å². The largest absolute Gasteiger partial charge is 0.378 e. The highest BCUT2D eigenvalue weighted by Gasteiger charge is 2.28. The van der Waals surface area contributed by atoms with Gasteiger partial charge in [-0.05, 0) is 31.6 Å². The molecule has 2 aliphatic rings. The minimum absolute atomic E-state index is 0. The predicted octanol–water partition coefficient (Wildman–Crippen LogP) is 3.15. The fourth-order valence-corrected chi connectivity index (χ4v) is 3.98. The number of nitrogens with one attached hydrogen (secondary N) is 2. The van der Waals surface area contributed by atoms with Crippen molar-refractivity contribution in [2.75, 3.05) is 27.2 Å². The normalized spacial score (nSPS) is 23.8. The molecule has 0 spiro atoms. The molecule has 1 heterocycles. The Morgan fingerprint density at radius 2 is 1.74 bits per heavy atom. The number of amides is 1. The first-order chi connectivity index (χ1) is 12.5. The van der Waals surface area contributed by atoms with Gasteiger partial charge in [0.1, 0.15) is 6.54 Å². The summed E-state index contributed by atoms with van der Waals surface area (Å²) in [5.74, 6) is 1.44. The lowest BCUT2D eigenvalue weighted by molar-refractivity contribution is -0.127. The van der Waals surface area contributed by atoms with Gasteiger partial charge in [0.2, 0.25) is 5.91 Å². The number of nitrogens with zero attached hydrogens (tertiary/aromatic N) is 2. The van der Waals surface area contributed by atoms with Gasteiger partial charge in [-0.1, -0.05) is 39.5 Å². The first-order valence-corrected chi connectivity index (χ1v) is 10.4. The molecule has 0 aromatic heterocycles. The minimum atomic E-state index is 0. The first kappa shape index (κ1) is 24.5. The van der Waals surface area contributed by atoms with Gasteiger partial charge in [-0.2, -0.15) is 0 Å². The van der Waals surface area contributed by atoms with Gasteiger partial charge < -0.3 is 20.3 Å². The van der Waals surface area contributed by atoms with Crippen molar-refractivity contribution >= 4 is 35.8 Å². The van der Waals surface area contributed by atoms with E-state index in [1.165, 1.54) is 25.7 Å². The Labute approximate surface area is 182 Å². The molecule has 0 aromatic carbocycles. The number of halogens is 1. The lowest BCUT2D eigenvalue weighted by Gasteiger charge is -2.35. The molecule has 2 rings (SSSR count). The number of aliphatic imine (C=N–C) groups is 1. The van der Waals surface area contributed by atoms with E-state index in [9.17, 15) is 4.79 Å².